The largest absolute Gasteiger partial charge is 0.472 e. The van der Waals surface area contributed by atoms with Gasteiger partial charge in [-0.3, -0.25) is 10.1 Å². The van der Waals surface area contributed by atoms with Crippen molar-refractivity contribution in [2.75, 3.05) is 18.5 Å². The number of ether oxygens (including phenoxy) is 1. The van der Waals surface area contributed by atoms with Crippen LogP contribution in [0.3, 0.4) is 0 Å². The summed E-state index contributed by atoms with van der Waals surface area (Å²) in [5, 5.41) is 14.0. The van der Waals surface area contributed by atoms with Gasteiger partial charge in [-0.05, 0) is 19.4 Å². The van der Waals surface area contributed by atoms with Gasteiger partial charge in [0.1, 0.15) is 5.82 Å². The highest BCUT2D eigenvalue weighted by atomic mass is 16.6. The molecule has 0 amide bonds. The van der Waals surface area contributed by atoms with Gasteiger partial charge >= 0.3 is 5.69 Å². The van der Waals surface area contributed by atoms with E-state index in [4.69, 9.17) is 4.74 Å². The highest BCUT2D eigenvalue weighted by Crippen LogP contribution is 2.26. The van der Waals surface area contributed by atoms with Crippen molar-refractivity contribution >= 4 is 11.5 Å². The Morgan fingerprint density at radius 3 is 2.89 bits per heavy atom. The number of rotatable bonds is 8. The Kier molecular flexibility index (Phi) is 5.78. The number of nitrogens with zero attached hydrogens (tertiary/aromatic N) is 2. The Labute approximate surface area is 112 Å². The first kappa shape index (κ1) is 14.9. The summed E-state index contributed by atoms with van der Waals surface area (Å²) in [4.78, 5) is 14.5. The number of aromatic nitrogens is 1. The number of anilines is 1. The average Bonchev–Trinajstić information content (AvgIpc) is 2.35. The maximum atomic E-state index is 10.9. The fraction of sp³-hybridized carbons (Fsp3) is 0.462. The van der Waals surface area contributed by atoms with E-state index in [-0.39, 0.29) is 11.6 Å². The highest BCUT2D eigenvalue weighted by Gasteiger charge is 2.17. The second kappa shape index (κ2) is 7.35. The molecule has 0 spiro atoms. The van der Waals surface area contributed by atoms with Crippen LogP contribution in [0.4, 0.5) is 11.5 Å². The van der Waals surface area contributed by atoms with Crippen molar-refractivity contribution in [2.45, 2.75) is 26.7 Å². The van der Waals surface area contributed by atoms with E-state index in [2.05, 4.69) is 16.9 Å². The molecular formula is C13H19N3O3. The van der Waals surface area contributed by atoms with Crippen molar-refractivity contribution in [3.63, 3.8) is 0 Å². The standard InChI is InChI=1S/C13H19N3O3/c1-4-8-14-12-6-5-11(16(17)18)13(15-12)19-9-7-10(2)3/h5-6H,2,4,7-9H2,1,3H3,(H,14,15). The van der Waals surface area contributed by atoms with Crippen molar-refractivity contribution in [1.82, 2.24) is 4.98 Å². The van der Waals surface area contributed by atoms with E-state index in [0.717, 1.165) is 18.5 Å². The van der Waals surface area contributed by atoms with E-state index in [1.54, 1.807) is 6.07 Å². The van der Waals surface area contributed by atoms with E-state index >= 15 is 0 Å². The molecule has 6 nitrogen and oxygen atoms in total. The molecule has 0 aliphatic carbocycles. The van der Waals surface area contributed by atoms with Crippen LogP contribution in [0.2, 0.25) is 0 Å². The lowest BCUT2D eigenvalue weighted by Crippen LogP contribution is -2.06. The Bertz CT molecular complexity index is 460. The molecule has 0 saturated carbocycles. The Balaban J connectivity index is 2.82. The molecule has 0 fully saturated rings. The first-order valence-electron chi connectivity index (χ1n) is 6.21. The molecule has 6 heteroatoms. The summed E-state index contributed by atoms with van der Waals surface area (Å²) in [5.74, 6) is 0.630. The van der Waals surface area contributed by atoms with Gasteiger partial charge in [0.2, 0.25) is 0 Å². The van der Waals surface area contributed by atoms with E-state index in [9.17, 15) is 10.1 Å². The molecule has 19 heavy (non-hydrogen) atoms. The number of hydrogen-bond donors (Lipinski definition) is 1. The predicted molar refractivity (Wildman–Crippen MR) is 74.6 cm³/mol. The molecule has 0 atom stereocenters. The molecule has 104 valence electrons. The zero-order valence-electron chi connectivity index (χ0n) is 11.3. The minimum atomic E-state index is -0.493. The Morgan fingerprint density at radius 2 is 2.32 bits per heavy atom. The predicted octanol–water partition coefficient (Wildman–Crippen LogP) is 3.16. The van der Waals surface area contributed by atoms with Crippen molar-refractivity contribution in [1.29, 1.82) is 0 Å². The number of pyridine rings is 1. The van der Waals surface area contributed by atoms with Crippen LogP contribution in [0.1, 0.15) is 26.7 Å². The van der Waals surface area contributed by atoms with Crippen LogP contribution in [0.5, 0.6) is 5.88 Å². The molecule has 1 aromatic heterocycles. The van der Waals surface area contributed by atoms with Crippen molar-refractivity contribution in [3.8, 4) is 5.88 Å². The molecule has 1 rings (SSSR count). The molecule has 0 aliphatic heterocycles. The third-order valence-electron chi connectivity index (χ3n) is 2.36. The molecule has 1 aromatic rings. The van der Waals surface area contributed by atoms with Crippen LogP contribution in [-0.4, -0.2) is 23.1 Å². The van der Waals surface area contributed by atoms with Crippen LogP contribution >= 0.6 is 0 Å². The topological polar surface area (TPSA) is 77.3 Å². The average molecular weight is 265 g/mol. The second-order valence-electron chi connectivity index (χ2n) is 4.26. The second-order valence-corrected chi connectivity index (χ2v) is 4.26. The maximum absolute atomic E-state index is 10.9. The first-order valence-corrected chi connectivity index (χ1v) is 6.21. The molecule has 1 heterocycles. The lowest BCUT2D eigenvalue weighted by molar-refractivity contribution is -0.386. The Morgan fingerprint density at radius 1 is 1.58 bits per heavy atom. The van der Waals surface area contributed by atoms with E-state index < -0.39 is 4.92 Å². The summed E-state index contributed by atoms with van der Waals surface area (Å²) in [6, 6.07) is 2.99. The summed E-state index contributed by atoms with van der Waals surface area (Å²) in [6.07, 6.45) is 1.59. The van der Waals surface area contributed by atoms with E-state index in [1.165, 1.54) is 6.07 Å². The minimum absolute atomic E-state index is 0.0485. The monoisotopic (exact) mass is 265 g/mol. The van der Waals surface area contributed by atoms with Gasteiger partial charge in [0, 0.05) is 19.0 Å². The van der Waals surface area contributed by atoms with Crippen molar-refractivity contribution in [3.05, 3.63) is 34.4 Å². The van der Waals surface area contributed by atoms with Gasteiger partial charge in [0.05, 0.1) is 11.5 Å². The van der Waals surface area contributed by atoms with Gasteiger partial charge in [-0.15, -0.1) is 6.58 Å². The molecule has 0 aliphatic rings. The molecule has 0 radical (unpaired) electrons. The Hall–Kier alpha value is -2.11. The minimum Gasteiger partial charge on any atom is -0.472 e. The lowest BCUT2D eigenvalue weighted by Gasteiger charge is -2.08. The van der Waals surface area contributed by atoms with Crippen molar-refractivity contribution < 1.29 is 9.66 Å². The SMILES string of the molecule is C=C(C)CCOc1nc(NCCC)ccc1[N+](=O)[O-]. The van der Waals surface area contributed by atoms with Gasteiger partial charge in [-0.2, -0.15) is 4.98 Å². The molecule has 0 aromatic carbocycles. The smallest absolute Gasteiger partial charge is 0.331 e. The van der Waals surface area contributed by atoms with Crippen molar-refractivity contribution in [2.24, 2.45) is 0 Å². The highest BCUT2D eigenvalue weighted by molar-refractivity contribution is 5.49. The fourth-order valence-electron chi connectivity index (χ4n) is 1.35. The molecule has 0 unspecified atom stereocenters. The third-order valence-corrected chi connectivity index (χ3v) is 2.36. The van der Waals surface area contributed by atoms with E-state index in [1.807, 2.05) is 13.8 Å². The lowest BCUT2D eigenvalue weighted by atomic mass is 10.3. The quantitative estimate of drug-likeness (QED) is 0.444. The number of nitro groups is 1. The summed E-state index contributed by atoms with van der Waals surface area (Å²) in [6.45, 7) is 8.76. The summed E-state index contributed by atoms with van der Waals surface area (Å²) >= 11 is 0. The van der Waals surface area contributed by atoms with Crippen LogP contribution in [0, 0.1) is 10.1 Å². The van der Waals surface area contributed by atoms with Crippen LogP contribution in [-0.2, 0) is 0 Å². The summed E-state index contributed by atoms with van der Waals surface area (Å²) < 4.78 is 5.38. The first-order chi connectivity index (χ1) is 9.04. The number of nitrogens with one attached hydrogen (secondary N) is 1. The van der Waals surface area contributed by atoms with Gasteiger partial charge in [-0.1, -0.05) is 12.5 Å². The summed E-state index contributed by atoms with van der Waals surface area (Å²) in [5.41, 5.74) is 0.840. The van der Waals surface area contributed by atoms with Crippen LogP contribution in [0.15, 0.2) is 24.3 Å². The number of hydrogen-bond acceptors (Lipinski definition) is 5. The fourth-order valence-corrected chi connectivity index (χ4v) is 1.35. The van der Waals surface area contributed by atoms with E-state index in [0.29, 0.717) is 18.8 Å². The van der Waals surface area contributed by atoms with Crippen LogP contribution in [0.25, 0.3) is 0 Å². The summed E-state index contributed by atoms with van der Waals surface area (Å²) in [7, 11) is 0. The zero-order chi connectivity index (χ0) is 14.3. The molecule has 0 saturated heterocycles. The third kappa shape index (κ3) is 4.95. The van der Waals surface area contributed by atoms with Gasteiger partial charge < -0.3 is 10.1 Å². The van der Waals surface area contributed by atoms with Gasteiger partial charge in [0.25, 0.3) is 5.88 Å². The van der Waals surface area contributed by atoms with Gasteiger partial charge in [0.15, 0.2) is 0 Å². The normalized spacial score (nSPS) is 10.0. The molecule has 0 bridgehead atoms. The van der Waals surface area contributed by atoms with Crippen LogP contribution < -0.4 is 10.1 Å². The molecule has 1 N–H and O–H groups in total. The molecular weight excluding hydrogens is 246 g/mol. The van der Waals surface area contributed by atoms with Gasteiger partial charge in [-0.25, -0.2) is 0 Å². The maximum Gasteiger partial charge on any atom is 0.331 e. The zero-order valence-corrected chi connectivity index (χ0v) is 11.3.